The van der Waals surface area contributed by atoms with Crippen molar-refractivity contribution in [3.8, 4) is 5.75 Å². The summed E-state index contributed by atoms with van der Waals surface area (Å²) in [5.41, 5.74) is 0.361. The van der Waals surface area contributed by atoms with Gasteiger partial charge in [0.25, 0.3) is 11.5 Å². The van der Waals surface area contributed by atoms with Crippen molar-refractivity contribution in [2.24, 2.45) is 5.92 Å². The molecule has 2 heterocycles. The zero-order valence-electron chi connectivity index (χ0n) is 18.7. The molecule has 1 fully saturated rings. The van der Waals surface area contributed by atoms with Crippen LogP contribution in [-0.4, -0.2) is 47.5 Å². The third-order valence-corrected chi connectivity index (χ3v) is 7.05. The third kappa shape index (κ3) is 4.61. The molecule has 4 aromatic rings. The van der Waals surface area contributed by atoms with E-state index in [-0.39, 0.29) is 11.9 Å². The predicted octanol–water partition coefficient (Wildman–Crippen LogP) is 2.09. The number of fused-ring (bicyclic) bond motifs is 2. The number of hydrogen-bond acceptors (Lipinski definition) is 7. The molecular formula is C23H22ClN5O5S. The van der Waals surface area contributed by atoms with E-state index in [1.807, 2.05) is 6.07 Å². The van der Waals surface area contributed by atoms with Gasteiger partial charge in [0.15, 0.2) is 10.7 Å². The number of nitrogens with one attached hydrogen (secondary N) is 1. The summed E-state index contributed by atoms with van der Waals surface area (Å²) in [6.45, 7) is 0.757. The van der Waals surface area contributed by atoms with Gasteiger partial charge >= 0.3 is 0 Å². The standard InChI is InChI=1S/C23H22ClN5O5S/c1-25-21(30)23(35(32)33)29-22(31)16-5-3-2-4-15(16)19(27-29)11-28-10-14-8-20(34-12-13-6-7-13)17(24)9-18(14)26-28/h2-5,8-10,13,23,35H,6-7,11-12H2,1H3,(H,25,30). The lowest BCUT2D eigenvalue weighted by Gasteiger charge is -2.15. The van der Waals surface area contributed by atoms with Crippen LogP contribution < -0.4 is 15.6 Å². The quantitative estimate of drug-likeness (QED) is 0.344. The van der Waals surface area contributed by atoms with Crippen molar-refractivity contribution in [2.75, 3.05) is 13.7 Å². The van der Waals surface area contributed by atoms with Crippen LogP contribution in [0.25, 0.3) is 21.7 Å². The van der Waals surface area contributed by atoms with Crippen LogP contribution in [-0.2, 0) is 22.0 Å². The largest absolute Gasteiger partial charge is 0.492 e. The van der Waals surface area contributed by atoms with Gasteiger partial charge in [0.1, 0.15) is 5.75 Å². The molecule has 0 spiro atoms. The lowest BCUT2D eigenvalue weighted by Crippen LogP contribution is -2.38. The second-order valence-corrected chi connectivity index (χ2v) is 9.90. The fourth-order valence-corrected chi connectivity index (χ4v) is 4.76. The molecule has 1 aliphatic carbocycles. The Morgan fingerprint density at radius 1 is 1.23 bits per heavy atom. The first-order valence-corrected chi connectivity index (χ1v) is 12.6. The Balaban J connectivity index is 1.57. The molecule has 1 saturated carbocycles. The first kappa shape index (κ1) is 23.3. The van der Waals surface area contributed by atoms with E-state index in [2.05, 4.69) is 15.5 Å². The number of thiol groups is 1. The van der Waals surface area contributed by atoms with Crippen LogP contribution in [0.15, 0.2) is 47.4 Å². The Morgan fingerprint density at radius 2 is 1.97 bits per heavy atom. The second-order valence-electron chi connectivity index (χ2n) is 8.44. The molecule has 0 aliphatic heterocycles. The minimum absolute atomic E-state index is 0.126. The van der Waals surface area contributed by atoms with Crippen molar-refractivity contribution in [1.82, 2.24) is 24.9 Å². The molecule has 1 amide bonds. The summed E-state index contributed by atoms with van der Waals surface area (Å²) in [6, 6.07) is 10.3. The first-order valence-electron chi connectivity index (χ1n) is 11.0. The molecule has 1 unspecified atom stereocenters. The number of nitrogens with zero attached hydrogens (tertiary/aromatic N) is 4. The number of carbonyl (C=O) groups is 1. The Morgan fingerprint density at radius 3 is 2.66 bits per heavy atom. The van der Waals surface area contributed by atoms with Crippen molar-refractivity contribution >= 4 is 49.9 Å². The minimum Gasteiger partial charge on any atom is -0.492 e. The number of likely N-dealkylation sites (N-methyl/N-ethyl adjacent to an activating group) is 1. The normalized spacial score (nSPS) is 14.5. The topological polar surface area (TPSA) is 125 Å². The molecular weight excluding hydrogens is 494 g/mol. The summed E-state index contributed by atoms with van der Waals surface area (Å²) in [7, 11) is -2.02. The van der Waals surface area contributed by atoms with Crippen molar-refractivity contribution < 1.29 is 17.9 Å². The molecule has 0 bridgehead atoms. The average molecular weight is 516 g/mol. The van der Waals surface area contributed by atoms with E-state index < -0.39 is 27.5 Å². The van der Waals surface area contributed by atoms with Gasteiger partial charge in [-0.3, -0.25) is 14.3 Å². The number of amides is 1. The SMILES string of the molecule is CNC(=O)C(n1nc(Cn2cc3cc(OCC4CC4)c(Cl)cc3n2)c2ccccc2c1=O)[SH](=O)=O. The third-order valence-electron chi connectivity index (χ3n) is 5.91. The van der Waals surface area contributed by atoms with Gasteiger partial charge in [-0.05, 0) is 37.0 Å². The Kier molecular flexibility index (Phi) is 6.20. The maximum atomic E-state index is 13.0. The van der Waals surface area contributed by atoms with Crippen LogP contribution >= 0.6 is 11.6 Å². The van der Waals surface area contributed by atoms with Gasteiger partial charge in [-0.15, -0.1) is 0 Å². The summed E-state index contributed by atoms with van der Waals surface area (Å²) >= 11 is 6.38. The van der Waals surface area contributed by atoms with Gasteiger partial charge in [0, 0.05) is 24.0 Å². The van der Waals surface area contributed by atoms with Crippen LogP contribution in [0.3, 0.4) is 0 Å². The van der Waals surface area contributed by atoms with Gasteiger partial charge in [-0.25, -0.2) is 13.1 Å². The molecule has 182 valence electrons. The summed E-state index contributed by atoms with van der Waals surface area (Å²) in [4.78, 5) is 25.3. The predicted molar refractivity (Wildman–Crippen MR) is 131 cm³/mol. The fraction of sp³-hybridized carbons (Fsp3) is 0.304. The summed E-state index contributed by atoms with van der Waals surface area (Å²) in [5, 5.41) is 11.4. The van der Waals surface area contributed by atoms with E-state index in [1.165, 1.54) is 19.9 Å². The van der Waals surface area contributed by atoms with Gasteiger partial charge in [0.05, 0.1) is 34.8 Å². The Labute approximate surface area is 206 Å². The first-order chi connectivity index (χ1) is 16.9. The van der Waals surface area contributed by atoms with Crippen LogP contribution in [0.2, 0.25) is 5.02 Å². The maximum absolute atomic E-state index is 13.0. The zero-order valence-corrected chi connectivity index (χ0v) is 20.3. The van der Waals surface area contributed by atoms with Gasteiger partial charge < -0.3 is 10.1 Å². The monoisotopic (exact) mass is 515 g/mol. The summed E-state index contributed by atoms with van der Waals surface area (Å²) in [5.74, 6) is 0.327. The number of hydrogen-bond donors (Lipinski definition) is 2. The van der Waals surface area contributed by atoms with Crippen LogP contribution in [0.5, 0.6) is 5.75 Å². The highest BCUT2D eigenvalue weighted by atomic mass is 35.5. The second kappa shape index (κ2) is 9.31. The molecule has 2 aromatic carbocycles. The number of rotatable bonds is 8. The molecule has 1 atom stereocenters. The van der Waals surface area contributed by atoms with Crippen molar-refractivity contribution in [2.45, 2.75) is 24.8 Å². The smallest absolute Gasteiger partial charge is 0.276 e. The van der Waals surface area contributed by atoms with E-state index in [0.717, 1.165) is 5.39 Å². The molecule has 12 heteroatoms. The molecule has 0 saturated heterocycles. The lowest BCUT2D eigenvalue weighted by molar-refractivity contribution is -0.121. The van der Waals surface area contributed by atoms with Gasteiger partial charge in [0.2, 0.25) is 5.37 Å². The number of halogens is 1. The van der Waals surface area contributed by atoms with Crippen LogP contribution in [0, 0.1) is 5.92 Å². The Bertz CT molecular complexity index is 1580. The summed E-state index contributed by atoms with van der Waals surface area (Å²) in [6.07, 6.45) is 4.14. The van der Waals surface area contributed by atoms with E-state index in [9.17, 15) is 18.0 Å². The van der Waals surface area contributed by atoms with E-state index >= 15 is 0 Å². The van der Waals surface area contributed by atoms with Crippen molar-refractivity contribution in [1.29, 1.82) is 0 Å². The highest BCUT2D eigenvalue weighted by molar-refractivity contribution is 7.73. The molecule has 1 aliphatic rings. The van der Waals surface area contributed by atoms with Gasteiger partial charge in [-0.2, -0.15) is 10.2 Å². The molecule has 5 rings (SSSR count). The van der Waals surface area contributed by atoms with Gasteiger partial charge in [-0.1, -0.05) is 29.8 Å². The summed E-state index contributed by atoms with van der Waals surface area (Å²) < 4.78 is 31.9. The molecule has 1 N–H and O–H groups in total. The van der Waals surface area contributed by atoms with E-state index in [4.69, 9.17) is 16.3 Å². The highest BCUT2D eigenvalue weighted by Crippen LogP contribution is 2.34. The molecule has 10 nitrogen and oxygen atoms in total. The Hall–Kier alpha value is -3.44. The van der Waals surface area contributed by atoms with E-state index in [0.29, 0.717) is 44.6 Å². The molecule has 35 heavy (non-hydrogen) atoms. The highest BCUT2D eigenvalue weighted by Gasteiger charge is 2.27. The molecule has 2 aromatic heterocycles. The maximum Gasteiger partial charge on any atom is 0.276 e. The number of benzene rings is 2. The van der Waals surface area contributed by atoms with E-state index in [1.54, 1.807) is 41.2 Å². The zero-order chi connectivity index (χ0) is 24.7. The lowest BCUT2D eigenvalue weighted by atomic mass is 10.1. The number of ether oxygens (including phenoxy) is 1. The fourth-order valence-electron chi connectivity index (χ4n) is 3.90. The number of aromatic nitrogens is 4. The number of carbonyl (C=O) groups excluding carboxylic acids is 1. The van der Waals surface area contributed by atoms with Crippen LogP contribution in [0.1, 0.15) is 23.9 Å². The van der Waals surface area contributed by atoms with Crippen molar-refractivity contribution in [3.63, 3.8) is 0 Å². The minimum atomic E-state index is -3.32. The average Bonchev–Trinajstić information content (AvgIpc) is 3.59. The molecule has 0 radical (unpaired) electrons. The van der Waals surface area contributed by atoms with Crippen LogP contribution in [0.4, 0.5) is 0 Å². The van der Waals surface area contributed by atoms with Crippen molar-refractivity contribution in [3.05, 3.63) is 63.7 Å².